The molecule has 8 nitrogen and oxygen atoms in total. The van der Waals surface area contributed by atoms with Gasteiger partial charge in [0.1, 0.15) is 0 Å². The Morgan fingerprint density at radius 2 is 2.15 bits per heavy atom. The maximum Gasteiger partial charge on any atom is 0.231 e. The quantitative estimate of drug-likeness (QED) is 0.735. The highest BCUT2D eigenvalue weighted by Crippen LogP contribution is 2.26. The molecule has 1 saturated heterocycles. The van der Waals surface area contributed by atoms with Crippen LogP contribution in [0.5, 0.6) is 0 Å². The van der Waals surface area contributed by atoms with Crippen molar-refractivity contribution in [2.24, 2.45) is 7.05 Å². The predicted octanol–water partition coefficient (Wildman–Crippen LogP) is 1.95. The summed E-state index contributed by atoms with van der Waals surface area (Å²) in [6, 6.07) is 0. The molecule has 0 saturated carbocycles. The molecule has 2 aromatic heterocycles. The lowest BCUT2D eigenvalue weighted by Gasteiger charge is -2.31. The van der Waals surface area contributed by atoms with Gasteiger partial charge in [0.05, 0.1) is 18.2 Å². The number of nitrogens with zero attached hydrogens (tertiary/aromatic N) is 5. The molecular weight excluding hydrogens is 346 g/mol. The van der Waals surface area contributed by atoms with E-state index < -0.39 is 0 Å². The Morgan fingerprint density at radius 3 is 2.85 bits per heavy atom. The minimum atomic E-state index is 0.119. The molecule has 3 heterocycles. The third-order valence-electron chi connectivity index (χ3n) is 5.38. The van der Waals surface area contributed by atoms with Gasteiger partial charge in [-0.15, -0.1) is 0 Å². The summed E-state index contributed by atoms with van der Waals surface area (Å²) < 4.78 is 12.4. The van der Waals surface area contributed by atoms with Gasteiger partial charge in [-0.05, 0) is 38.7 Å². The molecular formula is C19H29N5O3. The zero-order valence-electron chi connectivity index (χ0n) is 16.7. The summed E-state index contributed by atoms with van der Waals surface area (Å²) in [7, 11) is 3.59. The zero-order valence-corrected chi connectivity index (χ0v) is 16.7. The number of hydrogen-bond donors (Lipinski definition) is 0. The first kappa shape index (κ1) is 19.5. The van der Waals surface area contributed by atoms with Crippen molar-refractivity contribution < 1.29 is 14.1 Å². The van der Waals surface area contributed by atoms with Crippen LogP contribution in [0.25, 0.3) is 0 Å². The van der Waals surface area contributed by atoms with E-state index in [0.717, 1.165) is 37.2 Å². The number of likely N-dealkylation sites (tertiary alicyclic amines) is 1. The molecule has 1 atom stereocenters. The molecule has 0 aromatic carbocycles. The molecule has 1 amide bonds. The highest BCUT2D eigenvalue weighted by molar-refractivity contribution is 5.76. The van der Waals surface area contributed by atoms with Gasteiger partial charge >= 0.3 is 0 Å². The molecule has 1 unspecified atom stereocenters. The molecule has 0 spiro atoms. The molecule has 1 aliphatic heterocycles. The summed E-state index contributed by atoms with van der Waals surface area (Å²) >= 11 is 0. The van der Waals surface area contributed by atoms with Gasteiger partial charge in [0.25, 0.3) is 0 Å². The predicted molar refractivity (Wildman–Crippen MR) is 99.4 cm³/mol. The van der Waals surface area contributed by atoms with E-state index in [1.807, 2.05) is 30.5 Å². The highest BCUT2D eigenvalue weighted by atomic mass is 16.5. The summed E-state index contributed by atoms with van der Waals surface area (Å²) in [5.41, 5.74) is 3.32. The van der Waals surface area contributed by atoms with Crippen LogP contribution in [-0.4, -0.2) is 57.5 Å². The molecule has 0 N–H and O–H groups in total. The first-order valence-electron chi connectivity index (χ1n) is 9.57. The lowest BCUT2D eigenvalue weighted by atomic mass is 9.97. The SMILES string of the molecule is COCCc1noc(C2CCCN(C(=O)CCc3c(C)nn(C)c3C)C2)n1. The maximum absolute atomic E-state index is 12.7. The van der Waals surface area contributed by atoms with Crippen LogP contribution in [-0.2, 0) is 29.4 Å². The average molecular weight is 375 g/mol. The number of aromatic nitrogens is 4. The van der Waals surface area contributed by atoms with Gasteiger partial charge in [-0.3, -0.25) is 9.48 Å². The summed E-state index contributed by atoms with van der Waals surface area (Å²) in [6.45, 7) is 6.07. The van der Waals surface area contributed by atoms with E-state index >= 15 is 0 Å². The molecule has 0 aliphatic carbocycles. The van der Waals surface area contributed by atoms with E-state index in [-0.39, 0.29) is 11.8 Å². The van der Waals surface area contributed by atoms with Crippen molar-refractivity contribution in [1.82, 2.24) is 24.8 Å². The summed E-state index contributed by atoms with van der Waals surface area (Å²) in [6.07, 6.45) is 3.79. The Labute approximate surface area is 159 Å². The van der Waals surface area contributed by atoms with Gasteiger partial charge in [-0.2, -0.15) is 10.1 Å². The fourth-order valence-electron chi connectivity index (χ4n) is 3.70. The molecule has 2 aromatic rings. The molecule has 148 valence electrons. The van der Waals surface area contributed by atoms with Crippen LogP contribution in [0.4, 0.5) is 0 Å². The number of piperidine rings is 1. The third-order valence-corrected chi connectivity index (χ3v) is 5.38. The largest absolute Gasteiger partial charge is 0.384 e. The lowest BCUT2D eigenvalue weighted by Crippen LogP contribution is -2.39. The first-order valence-corrected chi connectivity index (χ1v) is 9.57. The fourth-order valence-corrected chi connectivity index (χ4v) is 3.70. The molecule has 0 bridgehead atoms. The summed E-state index contributed by atoms with van der Waals surface area (Å²) in [5, 5.41) is 8.45. The van der Waals surface area contributed by atoms with Gasteiger partial charge in [0, 0.05) is 45.8 Å². The molecule has 1 fully saturated rings. The standard InChI is InChI=1S/C19H29N5O3/c1-13-16(14(2)23(3)21-13)7-8-18(25)24-10-5-6-15(12-24)19-20-17(22-27-19)9-11-26-4/h15H,5-12H2,1-4H3. The van der Waals surface area contributed by atoms with Gasteiger partial charge in [-0.25, -0.2) is 0 Å². The van der Waals surface area contributed by atoms with Crippen LogP contribution < -0.4 is 0 Å². The number of methoxy groups -OCH3 is 1. The first-order chi connectivity index (χ1) is 13.0. The summed E-state index contributed by atoms with van der Waals surface area (Å²) in [4.78, 5) is 19.2. The molecule has 1 aliphatic rings. The van der Waals surface area contributed by atoms with Crippen molar-refractivity contribution in [2.75, 3.05) is 26.8 Å². The number of ether oxygens (including phenoxy) is 1. The van der Waals surface area contributed by atoms with E-state index in [1.165, 1.54) is 5.56 Å². The van der Waals surface area contributed by atoms with Crippen molar-refractivity contribution in [2.45, 2.75) is 51.9 Å². The number of hydrogen-bond acceptors (Lipinski definition) is 6. The van der Waals surface area contributed by atoms with Crippen LogP contribution >= 0.6 is 0 Å². The lowest BCUT2D eigenvalue weighted by molar-refractivity contribution is -0.132. The smallest absolute Gasteiger partial charge is 0.231 e. The van der Waals surface area contributed by atoms with Crippen molar-refractivity contribution in [1.29, 1.82) is 0 Å². The van der Waals surface area contributed by atoms with Crippen LogP contribution in [0.2, 0.25) is 0 Å². The van der Waals surface area contributed by atoms with Crippen molar-refractivity contribution in [3.63, 3.8) is 0 Å². The second-order valence-electron chi connectivity index (χ2n) is 7.24. The highest BCUT2D eigenvalue weighted by Gasteiger charge is 2.28. The second kappa shape index (κ2) is 8.65. The van der Waals surface area contributed by atoms with Crippen LogP contribution in [0, 0.1) is 13.8 Å². The second-order valence-corrected chi connectivity index (χ2v) is 7.24. The molecule has 27 heavy (non-hydrogen) atoms. The Kier molecular flexibility index (Phi) is 6.26. The zero-order chi connectivity index (χ0) is 19.4. The maximum atomic E-state index is 12.7. The average Bonchev–Trinajstić information content (AvgIpc) is 3.23. The number of carbonyl (C=O) groups excluding carboxylic acids is 1. The van der Waals surface area contributed by atoms with Crippen molar-refractivity contribution >= 4 is 5.91 Å². The molecule has 8 heteroatoms. The van der Waals surface area contributed by atoms with E-state index in [2.05, 4.69) is 15.2 Å². The molecule has 3 rings (SSSR count). The minimum absolute atomic E-state index is 0.119. The van der Waals surface area contributed by atoms with E-state index in [0.29, 0.717) is 37.7 Å². The van der Waals surface area contributed by atoms with Gasteiger partial charge < -0.3 is 14.2 Å². The van der Waals surface area contributed by atoms with Crippen LogP contribution in [0.15, 0.2) is 4.52 Å². The Bertz CT molecular complexity index is 782. The monoisotopic (exact) mass is 375 g/mol. The Morgan fingerprint density at radius 1 is 1.33 bits per heavy atom. The number of carbonyl (C=O) groups is 1. The minimum Gasteiger partial charge on any atom is -0.384 e. The number of amides is 1. The summed E-state index contributed by atoms with van der Waals surface area (Å²) in [5.74, 6) is 1.60. The van der Waals surface area contributed by atoms with E-state index in [1.54, 1.807) is 7.11 Å². The molecule has 0 radical (unpaired) electrons. The van der Waals surface area contributed by atoms with Gasteiger partial charge in [0.15, 0.2) is 5.82 Å². The van der Waals surface area contributed by atoms with Crippen LogP contribution in [0.3, 0.4) is 0 Å². The topological polar surface area (TPSA) is 86.3 Å². The fraction of sp³-hybridized carbons (Fsp3) is 0.684. The van der Waals surface area contributed by atoms with Gasteiger partial charge in [0.2, 0.25) is 11.8 Å². The number of aryl methyl sites for hydroxylation is 2. The van der Waals surface area contributed by atoms with E-state index in [4.69, 9.17) is 9.26 Å². The van der Waals surface area contributed by atoms with Gasteiger partial charge in [-0.1, -0.05) is 5.16 Å². The Hall–Kier alpha value is -2.22. The normalized spacial score (nSPS) is 17.5. The van der Waals surface area contributed by atoms with Crippen molar-refractivity contribution in [3.05, 3.63) is 28.7 Å². The Balaban J connectivity index is 1.57. The third kappa shape index (κ3) is 4.55. The van der Waals surface area contributed by atoms with Crippen molar-refractivity contribution in [3.8, 4) is 0 Å². The number of rotatable bonds is 7. The van der Waals surface area contributed by atoms with E-state index in [9.17, 15) is 4.79 Å². The van der Waals surface area contributed by atoms with Crippen LogP contribution in [0.1, 0.15) is 53.8 Å².